The quantitative estimate of drug-likeness (QED) is 0.802. The second-order valence-electron chi connectivity index (χ2n) is 5.07. The van der Waals surface area contributed by atoms with Crippen molar-refractivity contribution in [3.8, 4) is 0 Å². The number of carbonyl (C=O) groups is 2. The van der Waals surface area contributed by atoms with Crippen LogP contribution in [0.15, 0.2) is 16.9 Å². The minimum absolute atomic E-state index is 0.0900. The highest BCUT2D eigenvalue weighted by molar-refractivity contribution is 5.77. The van der Waals surface area contributed by atoms with Crippen LogP contribution < -0.4 is 0 Å². The van der Waals surface area contributed by atoms with Gasteiger partial charge in [-0.2, -0.15) is 0 Å². The van der Waals surface area contributed by atoms with Gasteiger partial charge >= 0.3 is 6.09 Å². The number of hydrogen-bond donors (Lipinski definition) is 0. The first kappa shape index (κ1) is 16.3. The lowest BCUT2D eigenvalue weighted by Crippen LogP contribution is -2.50. The van der Waals surface area contributed by atoms with Crippen molar-refractivity contribution >= 4 is 12.0 Å². The van der Waals surface area contributed by atoms with Crippen molar-refractivity contribution in [2.75, 3.05) is 33.4 Å². The first-order valence-electron chi connectivity index (χ1n) is 7.26. The molecule has 2 heterocycles. The van der Waals surface area contributed by atoms with Crippen LogP contribution in [0, 0.1) is 0 Å². The Kier molecular flexibility index (Phi) is 5.76. The molecule has 8 heteroatoms. The molecular formula is C14H21N3O5. The Bertz CT molecular complexity index is 491. The van der Waals surface area contributed by atoms with Crippen LogP contribution in [0.25, 0.3) is 0 Å². The van der Waals surface area contributed by atoms with Gasteiger partial charge in [0.15, 0.2) is 0 Å². The number of carbonyl (C=O) groups excluding carboxylic acids is 2. The Labute approximate surface area is 128 Å². The second-order valence-corrected chi connectivity index (χ2v) is 5.07. The van der Waals surface area contributed by atoms with Crippen molar-refractivity contribution in [1.29, 1.82) is 0 Å². The summed E-state index contributed by atoms with van der Waals surface area (Å²) in [6.07, 6.45) is 1.25. The first-order chi connectivity index (χ1) is 10.6. The molecule has 22 heavy (non-hydrogen) atoms. The monoisotopic (exact) mass is 311 g/mol. The average molecular weight is 311 g/mol. The Morgan fingerprint density at radius 1 is 1.55 bits per heavy atom. The summed E-state index contributed by atoms with van der Waals surface area (Å²) in [5, 5.41) is 3.77. The number of aromatic nitrogens is 1. The summed E-state index contributed by atoms with van der Waals surface area (Å²) in [7, 11) is 1.69. The van der Waals surface area contributed by atoms with Gasteiger partial charge in [0.2, 0.25) is 5.91 Å². The van der Waals surface area contributed by atoms with Gasteiger partial charge in [0, 0.05) is 26.1 Å². The van der Waals surface area contributed by atoms with Crippen LogP contribution in [0.4, 0.5) is 4.79 Å². The SMILES string of the molecule is CCOC(=O)N1CCOCC1CC(=O)N(C)Cc1ccon1. The normalized spacial score (nSPS) is 18.1. The largest absolute Gasteiger partial charge is 0.450 e. The van der Waals surface area contributed by atoms with Gasteiger partial charge in [-0.05, 0) is 6.92 Å². The maximum absolute atomic E-state index is 12.3. The Hall–Kier alpha value is -2.09. The fourth-order valence-electron chi connectivity index (χ4n) is 2.28. The van der Waals surface area contributed by atoms with E-state index in [2.05, 4.69) is 5.16 Å². The molecule has 1 aliphatic rings. The molecule has 1 fully saturated rings. The van der Waals surface area contributed by atoms with Crippen LogP contribution >= 0.6 is 0 Å². The van der Waals surface area contributed by atoms with Crippen molar-refractivity contribution in [3.63, 3.8) is 0 Å². The van der Waals surface area contributed by atoms with Gasteiger partial charge in [-0.25, -0.2) is 4.79 Å². The van der Waals surface area contributed by atoms with E-state index in [1.807, 2.05) is 0 Å². The third kappa shape index (κ3) is 4.20. The molecule has 2 rings (SSSR count). The first-order valence-corrected chi connectivity index (χ1v) is 7.26. The van der Waals surface area contributed by atoms with Gasteiger partial charge in [-0.15, -0.1) is 0 Å². The Morgan fingerprint density at radius 2 is 2.36 bits per heavy atom. The Balaban J connectivity index is 1.91. The number of rotatable bonds is 5. The number of morpholine rings is 1. The lowest BCUT2D eigenvalue weighted by Gasteiger charge is -2.35. The van der Waals surface area contributed by atoms with E-state index in [1.165, 1.54) is 6.26 Å². The molecule has 1 aromatic rings. The number of amides is 2. The highest BCUT2D eigenvalue weighted by atomic mass is 16.6. The zero-order chi connectivity index (χ0) is 15.9. The summed E-state index contributed by atoms with van der Waals surface area (Å²) in [6, 6.07) is 1.40. The van der Waals surface area contributed by atoms with Crippen molar-refractivity contribution in [1.82, 2.24) is 15.0 Å². The summed E-state index contributed by atoms with van der Waals surface area (Å²) < 4.78 is 15.1. The van der Waals surface area contributed by atoms with Crippen LogP contribution in [-0.2, 0) is 20.8 Å². The van der Waals surface area contributed by atoms with Gasteiger partial charge in [0.05, 0.1) is 32.4 Å². The van der Waals surface area contributed by atoms with E-state index in [1.54, 1.807) is 29.8 Å². The summed E-state index contributed by atoms with van der Waals surface area (Å²) >= 11 is 0. The molecule has 0 aromatic carbocycles. The van der Waals surface area contributed by atoms with E-state index in [4.69, 9.17) is 14.0 Å². The van der Waals surface area contributed by atoms with Gasteiger partial charge in [-0.3, -0.25) is 4.79 Å². The molecule has 1 unspecified atom stereocenters. The Morgan fingerprint density at radius 3 is 3.05 bits per heavy atom. The van der Waals surface area contributed by atoms with Gasteiger partial charge in [0.1, 0.15) is 12.0 Å². The van der Waals surface area contributed by atoms with Crippen LogP contribution in [0.1, 0.15) is 19.0 Å². The molecule has 0 saturated carbocycles. The highest BCUT2D eigenvalue weighted by Gasteiger charge is 2.31. The van der Waals surface area contributed by atoms with Crippen LogP contribution in [-0.4, -0.2) is 66.4 Å². The zero-order valence-corrected chi connectivity index (χ0v) is 12.9. The molecule has 1 aromatic heterocycles. The predicted molar refractivity (Wildman–Crippen MR) is 75.9 cm³/mol. The smallest absolute Gasteiger partial charge is 0.410 e. The van der Waals surface area contributed by atoms with E-state index in [9.17, 15) is 9.59 Å². The molecule has 1 atom stereocenters. The van der Waals surface area contributed by atoms with E-state index >= 15 is 0 Å². The van der Waals surface area contributed by atoms with E-state index in [-0.39, 0.29) is 18.4 Å². The van der Waals surface area contributed by atoms with Gasteiger partial charge < -0.3 is 23.8 Å². The predicted octanol–water partition coefficient (Wildman–Crippen LogP) is 0.880. The van der Waals surface area contributed by atoms with E-state index in [0.29, 0.717) is 38.6 Å². The van der Waals surface area contributed by atoms with E-state index < -0.39 is 6.09 Å². The molecule has 122 valence electrons. The topological polar surface area (TPSA) is 85.1 Å². The van der Waals surface area contributed by atoms with Crippen LogP contribution in [0.5, 0.6) is 0 Å². The molecule has 0 N–H and O–H groups in total. The molecule has 0 spiro atoms. The van der Waals surface area contributed by atoms with Crippen LogP contribution in [0.3, 0.4) is 0 Å². The summed E-state index contributed by atoms with van der Waals surface area (Å²) in [6.45, 7) is 3.65. The average Bonchev–Trinajstić information content (AvgIpc) is 3.01. The van der Waals surface area contributed by atoms with Crippen molar-refractivity contribution in [2.45, 2.75) is 25.9 Å². The summed E-state index contributed by atoms with van der Waals surface area (Å²) in [5.41, 5.74) is 0.679. The van der Waals surface area contributed by atoms with Gasteiger partial charge in [0.25, 0.3) is 0 Å². The van der Waals surface area contributed by atoms with Crippen molar-refractivity contribution in [3.05, 3.63) is 18.0 Å². The maximum atomic E-state index is 12.3. The maximum Gasteiger partial charge on any atom is 0.410 e. The zero-order valence-electron chi connectivity index (χ0n) is 12.9. The standard InChI is InChI=1S/C14H21N3O5/c1-3-21-14(19)17-5-7-20-10-12(17)8-13(18)16(2)9-11-4-6-22-15-11/h4,6,12H,3,5,7-10H2,1-2H3. The molecule has 8 nitrogen and oxygen atoms in total. The van der Waals surface area contributed by atoms with Gasteiger partial charge in [-0.1, -0.05) is 5.16 Å². The lowest BCUT2D eigenvalue weighted by atomic mass is 10.1. The summed E-state index contributed by atoms with van der Waals surface area (Å²) in [4.78, 5) is 27.3. The number of nitrogens with zero attached hydrogens (tertiary/aromatic N) is 3. The molecule has 0 aliphatic carbocycles. The van der Waals surface area contributed by atoms with E-state index in [0.717, 1.165) is 0 Å². The number of ether oxygens (including phenoxy) is 2. The summed E-state index contributed by atoms with van der Waals surface area (Å²) in [5.74, 6) is -0.0900. The second kappa shape index (κ2) is 7.79. The molecule has 1 aliphatic heterocycles. The van der Waals surface area contributed by atoms with Crippen molar-refractivity contribution in [2.24, 2.45) is 0 Å². The highest BCUT2D eigenvalue weighted by Crippen LogP contribution is 2.14. The minimum atomic E-state index is -0.400. The molecule has 2 amide bonds. The fraction of sp³-hybridized carbons (Fsp3) is 0.643. The van der Waals surface area contributed by atoms with Crippen LogP contribution in [0.2, 0.25) is 0 Å². The third-order valence-corrected chi connectivity index (χ3v) is 3.46. The molecule has 0 radical (unpaired) electrons. The van der Waals surface area contributed by atoms with Crippen molar-refractivity contribution < 1.29 is 23.6 Å². The number of hydrogen-bond acceptors (Lipinski definition) is 6. The minimum Gasteiger partial charge on any atom is -0.450 e. The third-order valence-electron chi connectivity index (χ3n) is 3.46. The molecule has 0 bridgehead atoms. The lowest BCUT2D eigenvalue weighted by molar-refractivity contribution is -0.133. The molecular weight excluding hydrogens is 290 g/mol. The molecule has 1 saturated heterocycles. The fourth-order valence-corrected chi connectivity index (χ4v) is 2.28.